The number of hydrogen-bond acceptors (Lipinski definition) is 8. The van der Waals surface area contributed by atoms with E-state index < -0.39 is 17.1 Å². The number of thioether (sulfide) groups is 1. The molecule has 176 valence electrons. The van der Waals surface area contributed by atoms with Gasteiger partial charge in [-0.3, -0.25) is 19.1 Å². The highest BCUT2D eigenvalue weighted by Crippen LogP contribution is 2.27. The molecule has 2 aromatic carbocycles. The van der Waals surface area contributed by atoms with E-state index in [4.69, 9.17) is 0 Å². The molecule has 0 aliphatic rings. The summed E-state index contributed by atoms with van der Waals surface area (Å²) < 4.78 is 16.1. The summed E-state index contributed by atoms with van der Waals surface area (Å²) in [6.45, 7) is 0. The van der Waals surface area contributed by atoms with E-state index in [9.17, 15) is 18.8 Å². The van der Waals surface area contributed by atoms with Crippen LogP contribution in [0.25, 0.3) is 15.9 Å². The van der Waals surface area contributed by atoms with Crippen LogP contribution in [0, 0.1) is 5.82 Å². The van der Waals surface area contributed by atoms with Crippen LogP contribution in [0.3, 0.4) is 0 Å². The fourth-order valence-corrected chi connectivity index (χ4v) is 5.01. The molecule has 3 heterocycles. The Morgan fingerprint density at radius 2 is 1.89 bits per heavy atom. The van der Waals surface area contributed by atoms with Crippen LogP contribution in [-0.4, -0.2) is 41.4 Å². The monoisotopic (exact) mass is 509 g/mol. The van der Waals surface area contributed by atoms with E-state index in [2.05, 4.69) is 30.5 Å². The fourth-order valence-electron chi connectivity index (χ4n) is 3.35. The predicted molar refractivity (Wildman–Crippen MR) is 131 cm³/mol. The lowest BCUT2D eigenvalue weighted by molar-refractivity contribution is -0.113. The van der Waals surface area contributed by atoms with Gasteiger partial charge in [-0.15, -0.1) is 10.2 Å². The number of carbonyl (C=O) groups is 1. The quantitative estimate of drug-likeness (QED) is 0.287. The molecule has 3 aromatic heterocycles. The maximum Gasteiger partial charge on any atom is 0.325 e. The number of amides is 1. The van der Waals surface area contributed by atoms with E-state index in [1.54, 1.807) is 16.7 Å². The van der Waals surface area contributed by atoms with E-state index in [0.717, 1.165) is 22.0 Å². The van der Waals surface area contributed by atoms with E-state index in [0.29, 0.717) is 27.5 Å². The molecule has 35 heavy (non-hydrogen) atoms. The number of para-hydroxylation sites is 1. The van der Waals surface area contributed by atoms with Gasteiger partial charge in [-0.2, -0.15) is 0 Å². The first-order valence-electron chi connectivity index (χ1n) is 10.3. The van der Waals surface area contributed by atoms with Gasteiger partial charge in [0.15, 0.2) is 10.3 Å². The largest absolute Gasteiger partial charge is 0.325 e. The first-order chi connectivity index (χ1) is 16.9. The highest BCUT2D eigenvalue weighted by atomic mass is 32.2. The fraction of sp³-hybridized carbons (Fsp3) is 0.0909. The van der Waals surface area contributed by atoms with E-state index in [1.807, 2.05) is 24.3 Å². The molecular weight excluding hydrogens is 493 g/mol. The van der Waals surface area contributed by atoms with E-state index in [-0.39, 0.29) is 18.1 Å². The maximum atomic E-state index is 13.5. The van der Waals surface area contributed by atoms with Crippen molar-refractivity contribution in [1.29, 1.82) is 0 Å². The third kappa shape index (κ3) is 5.20. The molecule has 0 unspecified atom stereocenters. The Morgan fingerprint density at radius 1 is 1.09 bits per heavy atom. The number of aromatic amines is 2. The van der Waals surface area contributed by atoms with Gasteiger partial charge in [0.05, 0.1) is 16.0 Å². The standard InChI is InChI=1S/C22H16FN7O3S2/c23-12-5-7-14(8-6-12)30-17(9-13-10-18(31)26-20(33)24-13)28-29-22(30)34-11-19(32)27-21-25-15-3-1-2-4-16(15)35-21/h1-8,10H,9,11H2,(H,25,27,32)(H2,24,26,31,33). The SMILES string of the molecule is O=C(CSc1nnc(Cc2cc(=O)[nH]c(=O)[nH]2)n1-c1ccc(F)cc1)Nc1nc2ccccc2s1. The molecule has 5 rings (SSSR count). The third-order valence-corrected chi connectivity index (χ3v) is 6.70. The molecule has 0 saturated heterocycles. The highest BCUT2D eigenvalue weighted by Gasteiger charge is 2.18. The molecule has 0 atom stereocenters. The molecule has 1 amide bonds. The Balaban J connectivity index is 1.38. The van der Waals surface area contributed by atoms with Crippen LogP contribution in [0.1, 0.15) is 11.5 Å². The average molecular weight is 510 g/mol. The van der Waals surface area contributed by atoms with Gasteiger partial charge in [0.2, 0.25) is 5.91 Å². The zero-order valence-electron chi connectivity index (χ0n) is 17.8. The number of nitrogens with zero attached hydrogens (tertiary/aromatic N) is 4. The number of hydrogen-bond donors (Lipinski definition) is 3. The number of H-pyrrole nitrogens is 2. The summed E-state index contributed by atoms with van der Waals surface area (Å²) in [5, 5.41) is 12.0. The Labute approximate surface area is 204 Å². The molecule has 0 radical (unpaired) electrons. The van der Waals surface area contributed by atoms with Gasteiger partial charge in [0.25, 0.3) is 5.56 Å². The Bertz CT molecular complexity index is 1580. The van der Waals surface area contributed by atoms with Crippen molar-refractivity contribution in [3.8, 4) is 5.69 Å². The average Bonchev–Trinajstić information content (AvgIpc) is 3.41. The molecule has 13 heteroatoms. The number of halogens is 1. The number of fused-ring (bicyclic) bond motifs is 1. The second-order valence-corrected chi connectivity index (χ2v) is 9.30. The summed E-state index contributed by atoms with van der Waals surface area (Å²) >= 11 is 2.52. The van der Waals surface area contributed by atoms with E-state index in [1.165, 1.54) is 29.5 Å². The smallest absolute Gasteiger partial charge is 0.311 e. The van der Waals surface area contributed by atoms with Gasteiger partial charge in [-0.1, -0.05) is 35.2 Å². The van der Waals surface area contributed by atoms with Crippen molar-refractivity contribution in [2.75, 3.05) is 11.1 Å². The van der Waals surface area contributed by atoms with Gasteiger partial charge in [0.1, 0.15) is 11.6 Å². The minimum atomic E-state index is -0.638. The number of nitrogens with one attached hydrogen (secondary N) is 3. The van der Waals surface area contributed by atoms with Crippen LogP contribution >= 0.6 is 23.1 Å². The minimum absolute atomic E-state index is 0.0249. The van der Waals surface area contributed by atoms with Crippen LogP contribution in [0.4, 0.5) is 9.52 Å². The number of thiazole rings is 1. The molecule has 0 aliphatic carbocycles. The second-order valence-electron chi connectivity index (χ2n) is 7.32. The van der Waals surface area contributed by atoms with Crippen LogP contribution in [-0.2, 0) is 11.2 Å². The molecule has 0 saturated carbocycles. The number of carbonyl (C=O) groups excluding carboxylic acids is 1. The van der Waals surface area contributed by atoms with Gasteiger partial charge in [0, 0.05) is 23.9 Å². The Morgan fingerprint density at radius 3 is 2.66 bits per heavy atom. The Hall–Kier alpha value is -4.10. The Kier molecular flexibility index (Phi) is 6.25. The molecule has 5 aromatic rings. The molecule has 0 fully saturated rings. The van der Waals surface area contributed by atoms with Crippen molar-refractivity contribution in [2.45, 2.75) is 11.6 Å². The normalized spacial score (nSPS) is 11.1. The second kappa shape index (κ2) is 9.64. The van der Waals surface area contributed by atoms with Crippen molar-refractivity contribution in [1.82, 2.24) is 29.7 Å². The van der Waals surface area contributed by atoms with Gasteiger partial charge >= 0.3 is 5.69 Å². The van der Waals surface area contributed by atoms with Crippen molar-refractivity contribution >= 4 is 44.4 Å². The minimum Gasteiger partial charge on any atom is -0.311 e. The topological polar surface area (TPSA) is 138 Å². The number of anilines is 1. The molecule has 0 bridgehead atoms. The lowest BCUT2D eigenvalue weighted by Crippen LogP contribution is -2.23. The first kappa shape index (κ1) is 22.7. The highest BCUT2D eigenvalue weighted by molar-refractivity contribution is 7.99. The van der Waals surface area contributed by atoms with Crippen molar-refractivity contribution in [2.24, 2.45) is 0 Å². The van der Waals surface area contributed by atoms with Gasteiger partial charge in [-0.05, 0) is 36.4 Å². The summed E-state index contributed by atoms with van der Waals surface area (Å²) in [6.07, 6.45) is 0.0853. The van der Waals surface area contributed by atoms with E-state index >= 15 is 0 Å². The predicted octanol–water partition coefficient (Wildman–Crippen LogP) is 2.71. The summed E-state index contributed by atoms with van der Waals surface area (Å²) in [5.41, 5.74) is 0.519. The number of rotatable bonds is 7. The lowest BCUT2D eigenvalue weighted by Gasteiger charge is -2.10. The van der Waals surface area contributed by atoms with Crippen molar-refractivity contribution < 1.29 is 9.18 Å². The third-order valence-electron chi connectivity index (χ3n) is 4.82. The molecule has 0 spiro atoms. The molecule has 0 aliphatic heterocycles. The first-order valence-corrected chi connectivity index (χ1v) is 12.1. The zero-order valence-corrected chi connectivity index (χ0v) is 19.5. The van der Waals surface area contributed by atoms with Crippen LogP contribution in [0.5, 0.6) is 0 Å². The van der Waals surface area contributed by atoms with Gasteiger partial charge in [-0.25, -0.2) is 14.2 Å². The number of benzene rings is 2. The van der Waals surface area contributed by atoms with Crippen LogP contribution in [0.15, 0.2) is 69.3 Å². The van der Waals surface area contributed by atoms with Crippen molar-refractivity contribution in [3.05, 3.63) is 92.8 Å². The zero-order chi connectivity index (χ0) is 24.4. The van der Waals surface area contributed by atoms with Crippen molar-refractivity contribution in [3.63, 3.8) is 0 Å². The molecule has 3 N–H and O–H groups in total. The summed E-state index contributed by atoms with van der Waals surface area (Å²) in [5.74, 6) is -0.265. The lowest BCUT2D eigenvalue weighted by atomic mass is 10.2. The number of aromatic nitrogens is 6. The maximum absolute atomic E-state index is 13.5. The van der Waals surface area contributed by atoms with Crippen LogP contribution in [0.2, 0.25) is 0 Å². The summed E-state index contributed by atoms with van der Waals surface area (Å²) in [7, 11) is 0. The summed E-state index contributed by atoms with van der Waals surface area (Å²) in [4.78, 5) is 44.9. The van der Waals surface area contributed by atoms with Crippen LogP contribution < -0.4 is 16.6 Å². The van der Waals surface area contributed by atoms with Gasteiger partial charge < -0.3 is 10.3 Å². The molecular formula is C22H16FN7O3S2. The molecule has 10 nitrogen and oxygen atoms in total. The summed E-state index contributed by atoms with van der Waals surface area (Å²) in [6, 6.07) is 14.5.